The second kappa shape index (κ2) is 9.10. The number of fused-ring (bicyclic) bond motifs is 1. The molecule has 1 amide bonds. The zero-order valence-corrected chi connectivity index (χ0v) is 19.3. The minimum atomic E-state index is -3.85. The van der Waals surface area contributed by atoms with Crippen molar-refractivity contribution in [2.24, 2.45) is 0 Å². The van der Waals surface area contributed by atoms with E-state index in [9.17, 15) is 27.1 Å². The number of amides is 1. The Morgan fingerprint density at radius 2 is 1.74 bits per heavy atom. The van der Waals surface area contributed by atoms with Gasteiger partial charge in [0.05, 0.1) is 10.6 Å². The van der Waals surface area contributed by atoms with Crippen molar-refractivity contribution >= 4 is 21.6 Å². The number of rotatable bonds is 6. The van der Waals surface area contributed by atoms with E-state index in [1.54, 1.807) is 18.2 Å². The lowest BCUT2D eigenvalue weighted by atomic mass is 10.1. The van der Waals surface area contributed by atoms with Crippen LogP contribution in [0.1, 0.15) is 11.7 Å². The highest BCUT2D eigenvalue weighted by Crippen LogP contribution is 2.34. The minimum absolute atomic E-state index is 0.0337. The molecule has 2 N–H and O–H groups in total. The van der Waals surface area contributed by atoms with Crippen LogP contribution in [0.2, 0.25) is 0 Å². The van der Waals surface area contributed by atoms with Crippen molar-refractivity contribution in [1.82, 2.24) is 9.21 Å². The first-order valence-electron chi connectivity index (χ1n) is 10.9. The summed E-state index contributed by atoms with van der Waals surface area (Å²) in [5, 5.41) is 13.8. The number of aliphatic hydroxyl groups is 1. The summed E-state index contributed by atoms with van der Waals surface area (Å²) in [7, 11) is -3.85. The standard InChI is InChI=1S/C23H23F2N3O6S/c24-23(25)34-17-2-4-18(5-3-17)35(31,32)28-12-15-10-27(11-16(15)13-28)22(30)21(29)14-1-6-20-19(9-14)26-7-8-33-20/h1-6,9,21,23,26,29H,7-8,10-13H2. The molecule has 0 aromatic heterocycles. The van der Waals surface area contributed by atoms with Gasteiger partial charge in [-0.3, -0.25) is 4.79 Å². The van der Waals surface area contributed by atoms with E-state index in [1.165, 1.54) is 33.5 Å². The molecule has 0 bridgehead atoms. The summed E-state index contributed by atoms with van der Waals surface area (Å²) in [6.07, 6.45) is -1.35. The Balaban J connectivity index is 1.21. The molecule has 1 unspecified atom stereocenters. The summed E-state index contributed by atoms with van der Waals surface area (Å²) in [6.45, 7) is -1.12. The van der Waals surface area contributed by atoms with E-state index in [0.29, 0.717) is 24.5 Å². The lowest BCUT2D eigenvalue weighted by molar-refractivity contribution is -0.139. The molecule has 0 spiro atoms. The SMILES string of the molecule is O=C(C(O)c1ccc2c(c1)NCCO2)N1CC2=C(C1)CN(S(=O)(=O)c1ccc(OC(F)F)cc1)C2. The average Bonchev–Trinajstić information content (AvgIpc) is 3.43. The number of halogens is 2. The van der Waals surface area contributed by atoms with E-state index in [2.05, 4.69) is 10.1 Å². The van der Waals surface area contributed by atoms with E-state index in [-0.39, 0.29) is 36.8 Å². The number of hydrogen-bond acceptors (Lipinski definition) is 7. The molecule has 1 atom stereocenters. The molecular weight excluding hydrogens is 484 g/mol. The highest BCUT2D eigenvalue weighted by atomic mass is 32.2. The minimum Gasteiger partial charge on any atom is -0.490 e. The van der Waals surface area contributed by atoms with Gasteiger partial charge in [0.2, 0.25) is 10.0 Å². The van der Waals surface area contributed by atoms with Crippen LogP contribution in [-0.4, -0.2) is 74.6 Å². The number of aliphatic hydroxyl groups excluding tert-OH is 1. The van der Waals surface area contributed by atoms with Gasteiger partial charge >= 0.3 is 6.61 Å². The third kappa shape index (κ3) is 4.56. The zero-order chi connectivity index (χ0) is 24.7. The zero-order valence-electron chi connectivity index (χ0n) is 18.5. The number of nitrogens with one attached hydrogen (secondary N) is 1. The topological polar surface area (TPSA) is 108 Å². The molecular formula is C23H23F2N3O6S. The molecule has 0 radical (unpaired) electrons. The number of sulfonamides is 1. The fraction of sp³-hybridized carbons (Fsp3) is 0.348. The number of benzene rings is 2. The van der Waals surface area contributed by atoms with Crippen LogP contribution in [0.25, 0.3) is 0 Å². The van der Waals surface area contributed by atoms with Crippen LogP contribution < -0.4 is 14.8 Å². The van der Waals surface area contributed by atoms with E-state index in [4.69, 9.17) is 4.74 Å². The van der Waals surface area contributed by atoms with Crippen molar-refractivity contribution in [3.05, 3.63) is 59.2 Å². The van der Waals surface area contributed by atoms with Crippen molar-refractivity contribution in [1.29, 1.82) is 0 Å². The van der Waals surface area contributed by atoms with Gasteiger partial charge in [-0.25, -0.2) is 8.42 Å². The number of alkyl halides is 2. The van der Waals surface area contributed by atoms with Crippen LogP contribution in [0.15, 0.2) is 58.5 Å². The first-order chi connectivity index (χ1) is 16.7. The molecule has 12 heteroatoms. The molecule has 0 aliphatic carbocycles. The summed E-state index contributed by atoms with van der Waals surface area (Å²) in [4.78, 5) is 14.4. The second-order valence-corrected chi connectivity index (χ2v) is 10.4. The molecule has 35 heavy (non-hydrogen) atoms. The Kier molecular flexibility index (Phi) is 6.11. The van der Waals surface area contributed by atoms with E-state index in [0.717, 1.165) is 16.8 Å². The van der Waals surface area contributed by atoms with Gasteiger partial charge in [0, 0.05) is 32.7 Å². The normalized spacial score (nSPS) is 18.7. The summed E-state index contributed by atoms with van der Waals surface area (Å²) in [5.74, 6) is 0.0787. The number of nitrogens with zero attached hydrogens (tertiary/aromatic N) is 2. The molecule has 3 heterocycles. The maximum absolute atomic E-state index is 13.0. The molecule has 0 saturated heterocycles. The molecule has 3 aliphatic rings. The van der Waals surface area contributed by atoms with Gasteiger partial charge in [0.15, 0.2) is 6.10 Å². The Hall–Kier alpha value is -3.22. The Bertz CT molecular complexity index is 1260. The first-order valence-corrected chi connectivity index (χ1v) is 12.4. The predicted octanol–water partition coefficient (Wildman–Crippen LogP) is 1.97. The molecule has 5 rings (SSSR count). The summed E-state index contributed by atoms with van der Waals surface area (Å²) in [6, 6.07) is 9.87. The quantitative estimate of drug-likeness (QED) is 0.576. The van der Waals surface area contributed by atoms with Gasteiger partial charge in [0.25, 0.3) is 5.91 Å². The second-order valence-electron chi connectivity index (χ2n) is 8.46. The van der Waals surface area contributed by atoms with Crippen LogP contribution in [0.4, 0.5) is 14.5 Å². The lowest BCUT2D eigenvalue weighted by Crippen LogP contribution is -2.38. The molecule has 0 saturated carbocycles. The number of carbonyl (C=O) groups excluding carboxylic acids is 1. The van der Waals surface area contributed by atoms with Gasteiger partial charge in [0.1, 0.15) is 18.1 Å². The Morgan fingerprint density at radius 1 is 1.06 bits per heavy atom. The first kappa shape index (κ1) is 23.5. The third-order valence-corrected chi connectivity index (χ3v) is 8.03. The number of ether oxygens (including phenoxy) is 2. The lowest BCUT2D eigenvalue weighted by Gasteiger charge is -2.25. The van der Waals surface area contributed by atoms with Crippen molar-refractivity contribution in [3.63, 3.8) is 0 Å². The van der Waals surface area contributed by atoms with Gasteiger partial charge in [-0.1, -0.05) is 6.07 Å². The number of carbonyl (C=O) groups is 1. The van der Waals surface area contributed by atoms with E-state index >= 15 is 0 Å². The Labute approximate surface area is 200 Å². The highest BCUT2D eigenvalue weighted by Gasteiger charge is 2.39. The van der Waals surface area contributed by atoms with Crippen LogP contribution in [0, 0.1) is 0 Å². The third-order valence-electron chi connectivity index (χ3n) is 6.22. The average molecular weight is 508 g/mol. The van der Waals surface area contributed by atoms with Crippen molar-refractivity contribution in [2.75, 3.05) is 44.6 Å². The maximum atomic E-state index is 13.0. The number of hydrogen-bond donors (Lipinski definition) is 2. The van der Waals surface area contributed by atoms with Crippen molar-refractivity contribution in [2.45, 2.75) is 17.6 Å². The van der Waals surface area contributed by atoms with Gasteiger partial charge in [-0.2, -0.15) is 13.1 Å². The summed E-state index contributed by atoms with van der Waals surface area (Å²) in [5.41, 5.74) is 2.79. The smallest absolute Gasteiger partial charge is 0.387 e. The molecule has 0 fully saturated rings. The highest BCUT2D eigenvalue weighted by molar-refractivity contribution is 7.89. The molecule has 3 aliphatic heterocycles. The maximum Gasteiger partial charge on any atom is 0.387 e. The number of anilines is 1. The van der Waals surface area contributed by atoms with E-state index in [1.807, 2.05) is 0 Å². The predicted molar refractivity (Wildman–Crippen MR) is 121 cm³/mol. The van der Waals surface area contributed by atoms with Gasteiger partial charge in [-0.05, 0) is 53.1 Å². The van der Waals surface area contributed by atoms with Crippen LogP contribution >= 0.6 is 0 Å². The fourth-order valence-electron chi connectivity index (χ4n) is 4.46. The van der Waals surface area contributed by atoms with Gasteiger partial charge < -0.3 is 24.8 Å². The fourth-order valence-corrected chi connectivity index (χ4v) is 5.89. The van der Waals surface area contributed by atoms with Crippen LogP contribution in [-0.2, 0) is 14.8 Å². The van der Waals surface area contributed by atoms with Crippen molar-refractivity contribution in [3.8, 4) is 11.5 Å². The summed E-state index contributed by atoms with van der Waals surface area (Å²) < 4.78 is 61.7. The Morgan fingerprint density at radius 3 is 2.40 bits per heavy atom. The van der Waals surface area contributed by atoms with Gasteiger partial charge in [-0.15, -0.1) is 0 Å². The van der Waals surface area contributed by atoms with Crippen LogP contribution in [0.3, 0.4) is 0 Å². The molecule has 2 aromatic carbocycles. The molecule has 186 valence electrons. The summed E-state index contributed by atoms with van der Waals surface area (Å²) >= 11 is 0. The van der Waals surface area contributed by atoms with E-state index < -0.39 is 28.6 Å². The monoisotopic (exact) mass is 507 g/mol. The van der Waals surface area contributed by atoms with Crippen LogP contribution in [0.5, 0.6) is 11.5 Å². The largest absolute Gasteiger partial charge is 0.490 e. The molecule has 9 nitrogen and oxygen atoms in total. The molecule has 2 aromatic rings. The van der Waals surface area contributed by atoms with Crippen molar-refractivity contribution < 1.29 is 36.6 Å².